The number of thioether (sulfide) groups is 1. The molecule has 0 amide bonds. The second-order valence-corrected chi connectivity index (χ2v) is 4.45. The molecule has 0 aliphatic rings. The van der Waals surface area contributed by atoms with Gasteiger partial charge < -0.3 is 10.9 Å². The highest BCUT2D eigenvalue weighted by Gasteiger charge is 2.08. The van der Waals surface area contributed by atoms with E-state index in [1.807, 2.05) is 30.3 Å². The summed E-state index contributed by atoms with van der Waals surface area (Å²) in [5, 5.41) is 12.6. The average Bonchev–Trinajstić information content (AvgIpc) is 2.45. The van der Waals surface area contributed by atoms with Crippen LogP contribution in [-0.4, -0.2) is 21.0 Å². The molecule has 0 spiro atoms. The molecule has 0 aliphatic heterocycles. The van der Waals surface area contributed by atoms with Gasteiger partial charge in [0.2, 0.25) is 0 Å². The minimum Gasteiger partial charge on any atom is -0.409 e. The highest BCUT2D eigenvalue weighted by molar-refractivity contribution is 7.98. The van der Waals surface area contributed by atoms with Crippen molar-refractivity contribution in [2.75, 3.05) is 0 Å². The Morgan fingerprint density at radius 3 is 2.78 bits per heavy atom. The summed E-state index contributed by atoms with van der Waals surface area (Å²) >= 11 is 1.57. The molecule has 0 atom stereocenters. The summed E-state index contributed by atoms with van der Waals surface area (Å²) in [4.78, 5) is 8.33. The average molecular weight is 260 g/mol. The molecule has 0 fully saturated rings. The van der Waals surface area contributed by atoms with Gasteiger partial charge in [-0.2, -0.15) is 0 Å². The molecule has 0 saturated carbocycles. The maximum absolute atomic E-state index is 8.70. The summed E-state index contributed by atoms with van der Waals surface area (Å²) < 4.78 is 0. The smallest absolute Gasteiger partial charge is 0.189 e. The first kappa shape index (κ1) is 12.4. The summed E-state index contributed by atoms with van der Waals surface area (Å²) in [6.07, 6.45) is 3.36. The van der Waals surface area contributed by atoms with E-state index in [0.29, 0.717) is 11.4 Å². The van der Waals surface area contributed by atoms with E-state index in [1.165, 1.54) is 0 Å². The van der Waals surface area contributed by atoms with E-state index in [0.717, 1.165) is 10.6 Å². The lowest BCUT2D eigenvalue weighted by atomic mass is 10.2. The fourth-order valence-corrected chi connectivity index (χ4v) is 2.26. The molecule has 2 aromatic rings. The van der Waals surface area contributed by atoms with Crippen LogP contribution in [0.4, 0.5) is 0 Å². The van der Waals surface area contributed by atoms with E-state index < -0.39 is 0 Å². The number of amidine groups is 1. The predicted octanol–water partition coefficient (Wildman–Crippen LogP) is 1.86. The molecule has 0 aromatic carbocycles. The van der Waals surface area contributed by atoms with Crippen LogP contribution in [0.1, 0.15) is 11.3 Å². The molecule has 3 N–H and O–H groups in total. The van der Waals surface area contributed by atoms with Crippen LogP contribution in [0.25, 0.3) is 0 Å². The largest absolute Gasteiger partial charge is 0.409 e. The van der Waals surface area contributed by atoms with E-state index in [9.17, 15) is 0 Å². The van der Waals surface area contributed by atoms with Gasteiger partial charge in [-0.1, -0.05) is 17.3 Å². The zero-order chi connectivity index (χ0) is 12.8. The number of nitrogens with two attached hydrogens (primary N) is 1. The van der Waals surface area contributed by atoms with Crippen molar-refractivity contribution < 1.29 is 5.21 Å². The Kier molecular flexibility index (Phi) is 4.14. The minimum atomic E-state index is 0.0206. The molecule has 18 heavy (non-hydrogen) atoms. The molecule has 2 heterocycles. The third kappa shape index (κ3) is 2.98. The zero-order valence-corrected chi connectivity index (χ0v) is 10.3. The topological polar surface area (TPSA) is 84.4 Å². The summed E-state index contributed by atoms with van der Waals surface area (Å²) in [5.74, 6) is 0.684. The number of hydrogen-bond acceptors (Lipinski definition) is 5. The number of pyridine rings is 2. The predicted molar refractivity (Wildman–Crippen MR) is 70.5 cm³/mol. The van der Waals surface area contributed by atoms with Gasteiger partial charge in [-0.05, 0) is 23.8 Å². The number of oxime groups is 1. The first-order valence-electron chi connectivity index (χ1n) is 5.27. The molecule has 6 heteroatoms. The third-order valence-corrected chi connectivity index (χ3v) is 3.25. The lowest BCUT2D eigenvalue weighted by Crippen LogP contribution is -2.17. The van der Waals surface area contributed by atoms with Crippen LogP contribution >= 0.6 is 11.8 Å². The van der Waals surface area contributed by atoms with Crippen molar-refractivity contribution in [3.63, 3.8) is 0 Å². The van der Waals surface area contributed by atoms with Gasteiger partial charge in [-0.15, -0.1) is 11.8 Å². The fraction of sp³-hybridized carbons (Fsp3) is 0.0833. The second-order valence-electron chi connectivity index (χ2n) is 3.45. The zero-order valence-electron chi connectivity index (χ0n) is 9.52. The first-order valence-corrected chi connectivity index (χ1v) is 6.25. The highest BCUT2D eigenvalue weighted by Crippen LogP contribution is 2.21. The number of nitrogens with zero attached hydrogens (tertiary/aromatic N) is 3. The van der Waals surface area contributed by atoms with Gasteiger partial charge in [0.05, 0.1) is 5.03 Å². The normalized spacial score (nSPS) is 11.4. The van der Waals surface area contributed by atoms with Crippen LogP contribution in [0.15, 0.2) is 52.9 Å². The van der Waals surface area contributed by atoms with Gasteiger partial charge >= 0.3 is 0 Å². The quantitative estimate of drug-likeness (QED) is 0.288. The fourth-order valence-electron chi connectivity index (χ4n) is 1.42. The van der Waals surface area contributed by atoms with E-state index in [4.69, 9.17) is 10.9 Å². The molecule has 2 rings (SSSR count). The van der Waals surface area contributed by atoms with Crippen molar-refractivity contribution in [2.45, 2.75) is 10.8 Å². The molecule has 92 valence electrons. The Morgan fingerprint density at radius 2 is 2.06 bits per heavy atom. The van der Waals surface area contributed by atoms with Crippen molar-refractivity contribution >= 4 is 17.6 Å². The van der Waals surface area contributed by atoms with Gasteiger partial charge in [-0.3, -0.25) is 4.98 Å². The summed E-state index contributed by atoms with van der Waals surface area (Å²) in [5.41, 5.74) is 6.99. The Hall–Kier alpha value is -2.08. The maximum atomic E-state index is 8.70. The third-order valence-electron chi connectivity index (χ3n) is 2.25. The lowest BCUT2D eigenvalue weighted by molar-refractivity contribution is 0.318. The van der Waals surface area contributed by atoms with Crippen molar-refractivity contribution in [1.29, 1.82) is 0 Å². The second kappa shape index (κ2) is 6.02. The standard InChI is InChI=1S/C12H12N4OS/c13-12(16-17)11-9(4-3-7-15-11)8-18-10-5-1-2-6-14-10/h1-7,17H,8H2,(H2,13,16). The number of aromatic nitrogens is 2. The Labute approximate surface area is 109 Å². The van der Waals surface area contributed by atoms with Crippen LogP contribution in [-0.2, 0) is 5.75 Å². The van der Waals surface area contributed by atoms with E-state index in [-0.39, 0.29) is 5.84 Å². The molecule has 0 aliphatic carbocycles. The molecule has 2 aromatic heterocycles. The van der Waals surface area contributed by atoms with Crippen LogP contribution in [0.5, 0.6) is 0 Å². The molecule has 0 radical (unpaired) electrons. The molecule has 0 unspecified atom stereocenters. The first-order chi connectivity index (χ1) is 8.81. The Morgan fingerprint density at radius 1 is 1.22 bits per heavy atom. The highest BCUT2D eigenvalue weighted by atomic mass is 32.2. The molecular weight excluding hydrogens is 248 g/mol. The maximum Gasteiger partial charge on any atom is 0.189 e. The molecule has 0 saturated heterocycles. The SMILES string of the molecule is NC(=NO)c1ncccc1CSc1ccccn1. The molecular formula is C12H12N4OS. The number of rotatable bonds is 4. The van der Waals surface area contributed by atoms with Crippen LogP contribution < -0.4 is 5.73 Å². The number of hydrogen-bond donors (Lipinski definition) is 2. The molecule has 0 bridgehead atoms. The van der Waals surface area contributed by atoms with E-state index in [1.54, 1.807) is 24.2 Å². The minimum absolute atomic E-state index is 0.0206. The Balaban J connectivity index is 2.15. The van der Waals surface area contributed by atoms with E-state index in [2.05, 4.69) is 15.1 Å². The van der Waals surface area contributed by atoms with Crippen molar-refractivity contribution in [2.24, 2.45) is 10.9 Å². The summed E-state index contributed by atoms with van der Waals surface area (Å²) in [7, 11) is 0. The van der Waals surface area contributed by atoms with Gasteiger partial charge in [0.25, 0.3) is 0 Å². The van der Waals surface area contributed by atoms with Crippen molar-refractivity contribution in [1.82, 2.24) is 9.97 Å². The molecule has 5 nitrogen and oxygen atoms in total. The van der Waals surface area contributed by atoms with Crippen molar-refractivity contribution in [3.05, 3.63) is 54.0 Å². The monoisotopic (exact) mass is 260 g/mol. The van der Waals surface area contributed by atoms with Gasteiger partial charge in [0, 0.05) is 18.1 Å². The summed E-state index contributed by atoms with van der Waals surface area (Å²) in [6, 6.07) is 9.46. The van der Waals surface area contributed by atoms with Crippen LogP contribution in [0.2, 0.25) is 0 Å². The van der Waals surface area contributed by atoms with Crippen LogP contribution in [0.3, 0.4) is 0 Å². The van der Waals surface area contributed by atoms with Gasteiger partial charge in [0.15, 0.2) is 5.84 Å². The van der Waals surface area contributed by atoms with Gasteiger partial charge in [-0.25, -0.2) is 4.98 Å². The van der Waals surface area contributed by atoms with Gasteiger partial charge in [0.1, 0.15) is 5.69 Å². The van der Waals surface area contributed by atoms with E-state index >= 15 is 0 Å². The van der Waals surface area contributed by atoms with Crippen LogP contribution in [0, 0.1) is 0 Å². The Bertz CT molecular complexity index is 545. The van der Waals surface area contributed by atoms with Crippen molar-refractivity contribution in [3.8, 4) is 0 Å². The summed E-state index contributed by atoms with van der Waals surface area (Å²) in [6.45, 7) is 0. The lowest BCUT2D eigenvalue weighted by Gasteiger charge is -2.06.